The lowest BCUT2D eigenvalue weighted by atomic mass is 10.0. The van der Waals surface area contributed by atoms with Crippen LogP contribution in [0.1, 0.15) is 6.92 Å². The lowest BCUT2D eigenvalue weighted by Crippen LogP contribution is -2.56. The Labute approximate surface area is 165 Å². The van der Waals surface area contributed by atoms with E-state index in [1.165, 1.54) is 18.3 Å². The number of ether oxygens (including phenoxy) is 1. The van der Waals surface area contributed by atoms with Gasteiger partial charge in [0.1, 0.15) is 5.75 Å². The minimum atomic E-state index is -1.72. The molecule has 2 N–H and O–H groups in total. The Kier molecular flexibility index (Phi) is 4.13. The number of halogens is 2. The van der Waals surface area contributed by atoms with E-state index < -0.39 is 17.4 Å². The highest BCUT2D eigenvalue weighted by Gasteiger charge is 2.47. The number of thiazole rings is 1. The van der Waals surface area contributed by atoms with Crippen LogP contribution in [0.25, 0.3) is 10.2 Å². The molecular formula is C17H11BrClN3O3S. The van der Waals surface area contributed by atoms with Gasteiger partial charge >= 0.3 is 0 Å². The maximum atomic E-state index is 12.8. The Morgan fingerprint density at radius 3 is 2.96 bits per heavy atom. The standard InChI is InChI=1S/C17H11BrClN3O3S/c1-17(14(23)20-11-7-9(19)3-5-12(11)25-17)15(24)22-16-21-10-4-2-8(18)6-13(10)26-16/h2-7H,1H3,(H,20,23)(H,21,22,24). The number of nitrogens with zero attached hydrogens (tertiary/aromatic N) is 1. The fourth-order valence-corrected chi connectivity index (χ4v) is 4.10. The maximum Gasteiger partial charge on any atom is 0.280 e. The predicted octanol–water partition coefficient (Wildman–Crippen LogP) is 4.44. The molecule has 2 aromatic carbocycles. The van der Waals surface area contributed by atoms with Crippen LogP contribution >= 0.6 is 38.9 Å². The zero-order valence-corrected chi connectivity index (χ0v) is 16.5. The van der Waals surface area contributed by atoms with Crippen molar-refractivity contribution in [3.63, 3.8) is 0 Å². The summed E-state index contributed by atoms with van der Waals surface area (Å²) in [6.07, 6.45) is 0. The van der Waals surface area contributed by atoms with Crippen LogP contribution in [0.2, 0.25) is 5.02 Å². The highest BCUT2D eigenvalue weighted by Crippen LogP contribution is 2.36. The van der Waals surface area contributed by atoms with Crippen molar-refractivity contribution in [3.05, 3.63) is 45.9 Å². The van der Waals surface area contributed by atoms with Gasteiger partial charge in [-0.1, -0.05) is 38.9 Å². The lowest BCUT2D eigenvalue weighted by molar-refractivity contribution is -0.143. The van der Waals surface area contributed by atoms with Gasteiger partial charge in [-0.05, 0) is 43.3 Å². The van der Waals surface area contributed by atoms with Crippen molar-refractivity contribution >= 4 is 71.7 Å². The third-order valence-corrected chi connectivity index (χ3v) is 5.60. The molecule has 1 aliphatic heterocycles. The molecule has 9 heteroatoms. The van der Waals surface area contributed by atoms with Gasteiger partial charge in [-0.2, -0.15) is 0 Å². The molecule has 1 aliphatic rings. The summed E-state index contributed by atoms with van der Waals surface area (Å²) < 4.78 is 7.53. The summed E-state index contributed by atoms with van der Waals surface area (Å²) in [5.41, 5.74) is -0.538. The Morgan fingerprint density at radius 1 is 1.35 bits per heavy atom. The summed E-state index contributed by atoms with van der Waals surface area (Å²) in [7, 11) is 0. The molecule has 2 amide bonds. The van der Waals surface area contributed by atoms with Gasteiger partial charge < -0.3 is 10.1 Å². The second-order valence-corrected chi connectivity index (χ2v) is 8.20. The SMILES string of the molecule is CC1(C(=O)Nc2nc3ccc(Br)cc3s2)Oc2ccc(Cl)cc2NC1=O. The first-order valence-corrected chi connectivity index (χ1v) is 9.51. The van der Waals surface area contributed by atoms with Gasteiger partial charge in [-0.15, -0.1) is 0 Å². The third kappa shape index (κ3) is 2.94. The molecule has 0 saturated heterocycles. The van der Waals surface area contributed by atoms with Crippen molar-refractivity contribution in [2.45, 2.75) is 12.5 Å². The van der Waals surface area contributed by atoms with E-state index in [1.54, 1.807) is 18.2 Å². The number of carbonyl (C=O) groups is 2. The summed E-state index contributed by atoms with van der Waals surface area (Å²) in [4.78, 5) is 29.6. The van der Waals surface area contributed by atoms with Gasteiger partial charge in [0.15, 0.2) is 5.13 Å². The van der Waals surface area contributed by atoms with Gasteiger partial charge in [0, 0.05) is 9.50 Å². The summed E-state index contributed by atoms with van der Waals surface area (Å²) in [5.74, 6) is -0.803. The number of nitrogens with one attached hydrogen (secondary N) is 2. The van der Waals surface area contributed by atoms with E-state index in [4.69, 9.17) is 16.3 Å². The van der Waals surface area contributed by atoms with E-state index in [-0.39, 0.29) is 0 Å². The van der Waals surface area contributed by atoms with Crippen molar-refractivity contribution in [2.24, 2.45) is 0 Å². The number of carbonyl (C=O) groups excluding carboxylic acids is 2. The largest absolute Gasteiger partial charge is 0.466 e. The van der Waals surface area contributed by atoms with Crippen molar-refractivity contribution in [1.82, 2.24) is 4.98 Å². The molecular weight excluding hydrogens is 442 g/mol. The van der Waals surface area contributed by atoms with Crippen LogP contribution in [0, 0.1) is 0 Å². The van der Waals surface area contributed by atoms with Gasteiger partial charge in [0.2, 0.25) is 0 Å². The first-order chi connectivity index (χ1) is 12.3. The number of benzene rings is 2. The smallest absolute Gasteiger partial charge is 0.280 e. The van der Waals surface area contributed by atoms with Crippen LogP contribution in [0.4, 0.5) is 10.8 Å². The molecule has 1 aromatic heterocycles. The van der Waals surface area contributed by atoms with E-state index in [0.29, 0.717) is 21.6 Å². The minimum Gasteiger partial charge on any atom is -0.466 e. The molecule has 26 heavy (non-hydrogen) atoms. The average molecular weight is 453 g/mol. The molecule has 0 aliphatic carbocycles. The number of anilines is 2. The number of hydrogen-bond donors (Lipinski definition) is 2. The highest BCUT2D eigenvalue weighted by atomic mass is 79.9. The van der Waals surface area contributed by atoms with Crippen LogP contribution in [0.5, 0.6) is 5.75 Å². The van der Waals surface area contributed by atoms with Crippen LogP contribution in [0.15, 0.2) is 40.9 Å². The summed E-state index contributed by atoms with van der Waals surface area (Å²) >= 11 is 10.6. The molecule has 1 unspecified atom stereocenters. The minimum absolute atomic E-state index is 0.375. The van der Waals surface area contributed by atoms with Crippen molar-refractivity contribution in [2.75, 3.05) is 10.6 Å². The lowest BCUT2D eigenvalue weighted by Gasteiger charge is -2.33. The van der Waals surface area contributed by atoms with E-state index in [9.17, 15) is 9.59 Å². The molecule has 2 heterocycles. The quantitative estimate of drug-likeness (QED) is 0.563. The zero-order chi connectivity index (χ0) is 18.5. The maximum absolute atomic E-state index is 12.8. The van der Waals surface area contributed by atoms with E-state index in [1.807, 2.05) is 18.2 Å². The molecule has 0 saturated carbocycles. The molecule has 1 atom stereocenters. The summed E-state index contributed by atoms with van der Waals surface area (Å²) in [6, 6.07) is 10.4. The molecule has 4 rings (SSSR count). The monoisotopic (exact) mass is 451 g/mol. The molecule has 6 nitrogen and oxygen atoms in total. The van der Waals surface area contributed by atoms with E-state index in [0.717, 1.165) is 14.7 Å². The molecule has 0 spiro atoms. The van der Waals surface area contributed by atoms with Crippen molar-refractivity contribution in [1.29, 1.82) is 0 Å². The van der Waals surface area contributed by atoms with Crippen LogP contribution in [0.3, 0.4) is 0 Å². The van der Waals surface area contributed by atoms with Gasteiger partial charge in [0.05, 0.1) is 15.9 Å². The second kappa shape index (κ2) is 6.22. The fourth-order valence-electron chi connectivity index (χ4n) is 2.51. The van der Waals surface area contributed by atoms with Gasteiger partial charge in [-0.3, -0.25) is 14.9 Å². The Morgan fingerprint density at radius 2 is 2.15 bits per heavy atom. The van der Waals surface area contributed by atoms with Crippen molar-refractivity contribution < 1.29 is 14.3 Å². The first kappa shape index (κ1) is 17.3. The molecule has 0 fully saturated rings. The normalized spacial score (nSPS) is 18.8. The van der Waals surface area contributed by atoms with Crippen LogP contribution in [-0.4, -0.2) is 22.4 Å². The van der Waals surface area contributed by atoms with Crippen LogP contribution in [-0.2, 0) is 9.59 Å². The first-order valence-electron chi connectivity index (χ1n) is 7.53. The number of hydrogen-bond acceptors (Lipinski definition) is 5. The third-order valence-electron chi connectivity index (χ3n) is 3.94. The highest BCUT2D eigenvalue weighted by molar-refractivity contribution is 9.10. The fraction of sp³-hybridized carbons (Fsp3) is 0.118. The Bertz CT molecular complexity index is 1070. The van der Waals surface area contributed by atoms with Gasteiger partial charge in [-0.25, -0.2) is 4.98 Å². The van der Waals surface area contributed by atoms with E-state index in [2.05, 4.69) is 31.5 Å². The number of fused-ring (bicyclic) bond motifs is 2. The van der Waals surface area contributed by atoms with Crippen LogP contribution < -0.4 is 15.4 Å². The van der Waals surface area contributed by atoms with Gasteiger partial charge in [0.25, 0.3) is 17.4 Å². The molecule has 0 bridgehead atoms. The zero-order valence-electron chi connectivity index (χ0n) is 13.3. The molecule has 0 radical (unpaired) electrons. The second-order valence-electron chi connectivity index (χ2n) is 5.82. The van der Waals surface area contributed by atoms with Crippen molar-refractivity contribution in [3.8, 4) is 5.75 Å². The number of aromatic nitrogens is 1. The molecule has 132 valence electrons. The summed E-state index contributed by atoms with van der Waals surface area (Å²) in [6.45, 7) is 1.42. The van der Waals surface area contributed by atoms with E-state index >= 15 is 0 Å². The average Bonchev–Trinajstić information content (AvgIpc) is 2.97. The topological polar surface area (TPSA) is 80.3 Å². The molecule has 3 aromatic rings. The summed E-state index contributed by atoms with van der Waals surface area (Å²) in [5, 5.41) is 6.19. The number of rotatable bonds is 2. The Hall–Kier alpha value is -2.16. The number of amides is 2. The Balaban J connectivity index is 1.62. The predicted molar refractivity (Wildman–Crippen MR) is 105 cm³/mol.